The first-order valence-electron chi connectivity index (χ1n) is 5.96. The van der Waals surface area contributed by atoms with E-state index < -0.39 is 12.0 Å². The number of thioether (sulfide) groups is 1. The molecule has 1 aliphatic heterocycles. The van der Waals surface area contributed by atoms with Crippen LogP contribution in [-0.2, 0) is 4.79 Å². The lowest BCUT2D eigenvalue weighted by Crippen LogP contribution is -2.45. The van der Waals surface area contributed by atoms with Crippen molar-refractivity contribution in [2.24, 2.45) is 0 Å². The third-order valence-electron chi connectivity index (χ3n) is 2.96. The summed E-state index contributed by atoms with van der Waals surface area (Å²) in [6, 6.07) is 1.09. The Hall–Kier alpha value is -0.530. The second kappa shape index (κ2) is 6.28. The molecule has 1 N–H and O–H groups in total. The monoisotopic (exact) mass is 363 g/mol. The molecule has 2 heterocycles. The van der Waals surface area contributed by atoms with Gasteiger partial charge in [0.2, 0.25) is 0 Å². The summed E-state index contributed by atoms with van der Waals surface area (Å²) >= 11 is 6.23. The Balaban J connectivity index is 2.28. The molecule has 1 aromatic rings. The van der Waals surface area contributed by atoms with Gasteiger partial charge in [-0.15, -0.1) is 23.1 Å². The Bertz CT molecular complexity index is 491. The maximum absolute atomic E-state index is 12.6. The fourth-order valence-electron chi connectivity index (χ4n) is 2.06. The highest BCUT2D eigenvalue weighted by Gasteiger charge is 2.42. The van der Waals surface area contributed by atoms with E-state index >= 15 is 0 Å². The molecule has 7 heteroatoms. The highest BCUT2D eigenvalue weighted by atomic mass is 79.9. The Morgan fingerprint density at radius 1 is 1.58 bits per heavy atom. The molecule has 1 fully saturated rings. The van der Waals surface area contributed by atoms with E-state index in [9.17, 15) is 14.7 Å². The number of hydrogen-bond acceptors (Lipinski definition) is 4. The molecule has 0 aliphatic carbocycles. The minimum absolute atomic E-state index is 0.0346. The number of thiophene rings is 1. The highest BCUT2D eigenvalue weighted by molar-refractivity contribution is 9.10. The van der Waals surface area contributed by atoms with Crippen molar-refractivity contribution in [2.45, 2.75) is 31.2 Å². The Labute approximate surface area is 128 Å². The minimum atomic E-state index is -0.924. The summed E-state index contributed by atoms with van der Waals surface area (Å²) in [5.74, 6) is -0.640. The highest BCUT2D eigenvalue weighted by Crippen LogP contribution is 2.35. The molecule has 1 aliphatic rings. The van der Waals surface area contributed by atoms with Gasteiger partial charge in [0.1, 0.15) is 10.9 Å². The van der Waals surface area contributed by atoms with Crippen molar-refractivity contribution in [3.05, 3.63) is 20.8 Å². The topological polar surface area (TPSA) is 57.6 Å². The summed E-state index contributed by atoms with van der Waals surface area (Å²) in [5.41, 5.74) is 0. The molecule has 1 amide bonds. The Morgan fingerprint density at radius 3 is 2.84 bits per heavy atom. The van der Waals surface area contributed by atoms with Gasteiger partial charge in [0, 0.05) is 10.2 Å². The molecule has 104 valence electrons. The van der Waals surface area contributed by atoms with E-state index in [0.29, 0.717) is 10.6 Å². The summed E-state index contributed by atoms with van der Waals surface area (Å²) in [4.78, 5) is 26.0. The predicted molar refractivity (Wildman–Crippen MR) is 80.8 cm³/mol. The lowest BCUT2D eigenvalue weighted by molar-refractivity contribution is -0.141. The number of carbonyl (C=O) groups excluding carboxylic acids is 1. The van der Waals surface area contributed by atoms with Gasteiger partial charge in [-0.2, -0.15) is 0 Å². The van der Waals surface area contributed by atoms with Crippen LogP contribution in [0.3, 0.4) is 0 Å². The maximum atomic E-state index is 12.6. The number of rotatable bonds is 4. The molecule has 19 heavy (non-hydrogen) atoms. The molecular formula is C12H14BrNO3S2. The van der Waals surface area contributed by atoms with Crippen LogP contribution in [0.5, 0.6) is 0 Å². The van der Waals surface area contributed by atoms with Crippen molar-refractivity contribution in [1.82, 2.24) is 4.90 Å². The van der Waals surface area contributed by atoms with E-state index in [2.05, 4.69) is 15.9 Å². The lowest BCUT2D eigenvalue weighted by atomic mass is 10.2. The van der Waals surface area contributed by atoms with Crippen LogP contribution in [0.25, 0.3) is 0 Å². The van der Waals surface area contributed by atoms with Gasteiger partial charge >= 0.3 is 5.97 Å². The average molecular weight is 364 g/mol. The summed E-state index contributed by atoms with van der Waals surface area (Å²) in [6.45, 7) is 2.04. The number of amides is 1. The number of carbonyl (C=O) groups is 2. The quantitative estimate of drug-likeness (QED) is 0.891. The largest absolute Gasteiger partial charge is 0.480 e. The van der Waals surface area contributed by atoms with Gasteiger partial charge in [0.25, 0.3) is 5.91 Å². The van der Waals surface area contributed by atoms with E-state index in [-0.39, 0.29) is 11.3 Å². The summed E-state index contributed by atoms with van der Waals surface area (Å²) in [5, 5.41) is 11.1. The van der Waals surface area contributed by atoms with Crippen molar-refractivity contribution in [1.29, 1.82) is 0 Å². The van der Waals surface area contributed by atoms with Crippen molar-refractivity contribution in [3.63, 3.8) is 0 Å². The molecule has 0 aromatic carbocycles. The predicted octanol–water partition coefficient (Wildman–Crippen LogP) is 3.28. The zero-order valence-electron chi connectivity index (χ0n) is 10.3. The smallest absolute Gasteiger partial charge is 0.327 e. The molecule has 2 unspecified atom stereocenters. The van der Waals surface area contributed by atoms with E-state index in [4.69, 9.17) is 0 Å². The third kappa shape index (κ3) is 2.98. The number of carboxylic acid groups (broad SMARTS) is 1. The molecule has 1 aromatic heterocycles. The molecule has 4 nitrogen and oxygen atoms in total. The van der Waals surface area contributed by atoms with E-state index in [1.165, 1.54) is 16.2 Å². The van der Waals surface area contributed by atoms with E-state index in [1.807, 2.05) is 18.4 Å². The summed E-state index contributed by atoms with van der Waals surface area (Å²) in [7, 11) is 0. The number of nitrogens with zero attached hydrogens (tertiary/aromatic N) is 1. The normalized spacial score (nSPS) is 22.7. The molecule has 2 rings (SSSR count). The van der Waals surface area contributed by atoms with Crippen LogP contribution in [-0.4, -0.2) is 39.1 Å². The van der Waals surface area contributed by atoms with Crippen LogP contribution in [0, 0.1) is 0 Å². The van der Waals surface area contributed by atoms with Crippen molar-refractivity contribution in [3.8, 4) is 0 Å². The van der Waals surface area contributed by atoms with Gasteiger partial charge in [0.05, 0.1) is 5.37 Å². The molecule has 0 radical (unpaired) electrons. The molecular weight excluding hydrogens is 350 g/mol. The van der Waals surface area contributed by atoms with Crippen LogP contribution in [0.2, 0.25) is 0 Å². The van der Waals surface area contributed by atoms with E-state index in [1.54, 1.807) is 11.8 Å². The second-order valence-electron chi connectivity index (χ2n) is 4.24. The second-order valence-corrected chi connectivity index (χ2v) is 7.22. The standard InChI is InChI=1S/C12H14BrNO3S2/c1-2-3-9-14(8(6-19-9)12(16)17)11(15)10-7(13)4-5-18-10/h4-5,8-9H,2-3,6H2,1H3,(H,16,17). The Morgan fingerprint density at radius 2 is 2.32 bits per heavy atom. The molecule has 0 saturated carbocycles. The van der Waals surface area contributed by atoms with Gasteiger partial charge in [-0.1, -0.05) is 13.3 Å². The van der Waals surface area contributed by atoms with Gasteiger partial charge in [-0.3, -0.25) is 4.79 Å². The molecule has 2 atom stereocenters. The number of aliphatic carboxylic acids is 1. The zero-order chi connectivity index (χ0) is 14.0. The van der Waals surface area contributed by atoms with E-state index in [0.717, 1.165) is 17.3 Å². The summed E-state index contributed by atoms with van der Waals surface area (Å²) in [6.07, 6.45) is 1.75. The first-order valence-corrected chi connectivity index (χ1v) is 8.68. The first-order chi connectivity index (χ1) is 9.06. The summed E-state index contributed by atoms with van der Waals surface area (Å²) < 4.78 is 0.735. The van der Waals surface area contributed by atoms with Crippen molar-refractivity contribution in [2.75, 3.05) is 5.75 Å². The van der Waals surface area contributed by atoms with Crippen molar-refractivity contribution >= 4 is 50.9 Å². The van der Waals surface area contributed by atoms with Crippen LogP contribution >= 0.6 is 39.0 Å². The molecule has 0 spiro atoms. The van der Waals surface area contributed by atoms with Crippen LogP contribution in [0.1, 0.15) is 29.4 Å². The van der Waals surface area contributed by atoms with Gasteiger partial charge in [-0.05, 0) is 33.8 Å². The minimum Gasteiger partial charge on any atom is -0.480 e. The van der Waals surface area contributed by atoms with Gasteiger partial charge < -0.3 is 10.0 Å². The molecule has 1 saturated heterocycles. The fraction of sp³-hybridized carbons (Fsp3) is 0.500. The van der Waals surface area contributed by atoms with Crippen LogP contribution in [0.4, 0.5) is 0 Å². The van der Waals surface area contributed by atoms with Crippen LogP contribution < -0.4 is 0 Å². The Kier molecular flexibility index (Phi) is 4.92. The molecule has 0 bridgehead atoms. The van der Waals surface area contributed by atoms with Crippen molar-refractivity contribution < 1.29 is 14.7 Å². The number of carboxylic acids is 1. The number of hydrogen-bond donors (Lipinski definition) is 1. The third-order valence-corrected chi connectivity index (χ3v) is 6.14. The lowest BCUT2D eigenvalue weighted by Gasteiger charge is -2.26. The number of halogens is 1. The SMILES string of the molecule is CCCC1SCC(C(=O)O)N1C(=O)c1sccc1Br. The zero-order valence-corrected chi connectivity index (χ0v) is 13.6. The van der Waals surface area contributed by atoms with Gasteiger partial charge in [-0.25, -0.2) is 4.79 Å². The fourth-order valence-corrected chi connectivity index (χ4v) is 5.06. The maximum Gasteiger partial charge on any atom is 0.327 e. The van der Waals surface area contributed by atoms with Crippen LogP contribution in [0.15, 0.2) is 15.9 Å². The first kappa shape index (κ1) is 14.9. The van der Waals surface area contributed by atoms with Gasteiger partial charge in [0.15, 0.2) is 0 Å². The average Bonchev–Trinajstić information content (AvgIpc) is 2.95.